The van der Waals surface area contributed by atoms with Crippen molar-refractivity contribution in [1.82, 2.24) is 14.8 Å². The number of likely N-dealkylation sites (tertiary alicyclic amines) is 1. The predicted octanol–water partition coefficient (Wildman–Crippen LogP) is 2.63. The molecule has 2 N–H and O–H groups in total. The van der Waals surface area contributed by atoms with Crippen LogP contribution in [0.1, 0.15) is 50.4 Å². The first-order valence-corrected chi connectivity index (χ1v) is 10.6. The van der Waals surface area contributed by atoms with Gasteiger partial charge in [-0.25, -0.2) is 4.98 Å². The molecular weight excluding hydrogens is 360 g/mol. The standard InChI is InChI=1S/C20H32N4O2S/c1-14(2)17(21)9-13-23(4)20(26)16-8-7-10-22-18(16)27-15(3)19(25)24-11-5-6-12-24/h7-8,10,14-15,17H,5-6,9,11-13,21H2,1-4H3. The Morgan fingerprint density at radius 3 is 2.59 bits per heavy atom. The first-order chi connectivity index (χ1) is 12.8. The van der Waals surface area contributed by atoms with Crippen molar-refractivity contribution < 1.29 is 9.59 Å². The van der Waals surface area contributed by atoms with E-state index in [1.54, 1.807) is 30.3 Å². The molecule has 2 amide bonds. The zero-order valence-electron chi connectivity index (χ0n) is 16.9. The molecule has 1 aliphatic rings. The monoisotopic (exact) mass is 392 g/mol. The second kappa shape index (κ2) is 10.1. The van der Waals surface area contributed by atoms with Crippen LogP contribution in [0.15, 0.2) is 23.4 Å². The van der Waals surface area contributed by atoms with Gasteiger partial charge in [-0.2, -0.15) is 0 Å². The van der Waals surface area contributed by atoms with Crippen LogP contribution in [0.4, 0.5) is 0 Å². The van der Waals surface area contributed by atoms with E-state index < -0.39 is 0 Å². The van der Waals surface area contributed by atoms with Crippen molar-refractivity contribution in [3.05, 3.63) is 23.9 Å². The molecule has 2 unspecified atom stereocenters. The van der Waals surface area contributed by atoms with E-state index >= 15 is 0 Å². The number of aromatic nitrogens is 1. The van der Waals surface area contributed by atoms with Crippen LogP contribution in [0.25, 0.3) is 0 Å². The lowest BCUT2D eigenvalue weighted by atomic mass is 10.0. The Morgan fingerprint density at radius 1 is 1.30 bits per heavy atom. The summed E-state index contributed by atoms with van der Waals surface area (Å²) < 4.78 is 0. The fourth-order valence-electron chi connectivity index (χ4n) is 3.04. The van der Waals surface area contributed by atoms with E-state index in [0.717, 1.165) is 32.4 Å². The van der Waals surface area contributed by atoms with Crippen LogP contribution >= 0.6 is 11.8 Å². The summed E-state index contributed by atoms with van der Waals surface area (Å²) in [4.78, 5) is 33.4. The highest BCUT2D eigenvalue weighted by atomic mass is 32.2. The summed E-state index contributed by atoms with van der Waals surface area (Å²) in [6.07, 6.45) is 4.56. The molecule has 0 aromatic carbocycles. The number of carbonyl (C=O) groups is 2. The molecule has 2 atom stereocenters. The third-order valence-corrected chi connectivity index (χ3v) is 6.16. The van der Waals surface area contributed by atoms with Gasteiger partial charge in [0, 0.05) is 38.9 Å². The Hall–Kier alpha value is -1.60. The fraction of sp³-hybridized carbons (Fsp3) is 0.650. The number of nitrogens with zero attached hydrogens (tertiary/aromatic N) is 3. The smallest absolute Gasteiger partial charge is 0.256 e. The van der Waals surface area contributed by atoms with Gasteiger partial charge in [0.05, 0.1) is 10.8 Å². The average Bonchev–Trinajstić information content (AvgIpc) is 3.19. The highest BCUT2D eigenvalue weighted by Crippen LogP contribution is 2.27. The number of hydrogen-bond acceptors (Lipinski definition) is 5. The normalized spacial score (nSPS) is 16.4. The number of nitrogens with two attached hydrogens (primary N) is 1. The second-order valence-corrected chi connectivity index (χ2v) is 8.90. The van der Waals surface area contributed by atoms with Gasteiger partial charge in [-0.1, -0.05) is 25.6 Å². The number of rotatable bonds is 8. The van der Waals surface area contributed by atoms with Crippen molar-refractivity contribution >= 4 is 23.6 Å². The van der Waals surface area contributed by atoms with Crippen molar-refractivity contribution in [2.75, 3.05) is 26.7 Å². The summed E-state index contributed by atoms with van der Waals surface area (Å²) >= 11 is 1.37. The molecule has 1 fully saturated rings. The Morgan fingerprint density at radius 2 is 1.96 bits per heavy atom. The number of carbonyl (C=O) groups excluding carboxylic acids is 2. The maximum atomic E-state index is 12.9. The maximum absolute atomic E-state index is 12.9. The van der Waals surface area contributed by atoms with E-state index in [-0.39, 0.29) is 23.1 Å². The summed E-state index contributed by atoms with van der Waals surface area (Å²) in [6, 6.07) is 3.61. The Labute approximate surface area is 166 Å². The summed E-state index contributed by atoms with van der Waals surface area (Å²) in [5, 5.41) is 0.353. The molecule has 1 saturated heterocycles. The lowest BCUT2D eigenvalue weighted by Gasteiger charge is -2.23. The van der Waals surface area contributed by atoms with Crippen LogP contribution in [0.5, 0.6) is 0 Å². The van der Waals surface area contributed by atoms with Gasteiger partial charge >= 0.3 is 0 Å². The second-order valence-electron chi connectivity index (χ2n) is 7.57. The van der Waals surface area contributed by atoms with E-state index in [1.165, 1.54) is 11.8 Å². The van der Waals surface area contributed by atoms with Gasteiger partial charge in [0.2, 0.25) is 5.91 Å². The molecule has 2 heterocycles. The number of thioether (sulfide) groups is 1. The molecule has 0 aliphatic carbocycles. The molecule has 7 heteroatoms. The largest absolute Gasteiger partial charge is 0.342 e. The Balaban J connectivity index is 2.03. The molecule has 0 spiro atoms. The van der Waals surface area contributed by atoms with Crippen LogP contribution in [0.2, 0.25) is 0 Å². The topological polar surface area (TPSA) is 79.5 Å². The number of hydrogen-bond donors (Lipinski definition) is 1. The Kier molecular flexibility index (Phi) is 8.10. The maximum Gasteiger partial charge on any atom is 0.256 e. The van der Waals surface area contributed by atoms with Gasteiger partial charge in [0.15, 0.2) is 0 Å². The lowest BCUT2D eigenvalue weighted by Crippen LogP contribution is -2.35. The minimum Gasteiger partial charge on any atom is -0.342 e. The minimum atomic E-state index is -0.260. The summed E-state index contributed by atoms with van der Waals surface area (Å²) in [5.74, 6) is 0.427. The molecule has 0 radical (unpaired) electrons. The zero-order valence-corrected chi connectivity index (χ0v) is 17.7. The third kappa shape index (κ3) is 5.94. The van der Waals surface area contributed by atoms with Gasteiger partial charge in [-0.3, -0.25) is 9.59 Å². The van der Waals surface area contributed by atoms with Crippen LogP contribution in [-0.2, 0) is 4.79 Å². The van der Waals surface area contributed by atoms with Crippen LogP contribution in [0, 0.1) is 5.92 Å². The molecule has 0 bridgehead atoms. The van der Waals surface area contributed by atoms with Crippen molar-refractivity contribution in [3.63, 3.8) is 0 Å². The van der Waals surface area contributed by atoms with E-state index in [4.69, 9.17) is 5.73 Å². The third-order valence-electron chi connectivity index (χ3n) is 5.06. The molecule has 2 rings (SSSR count). The predicted molar refractivity (Wildman–Crippen MR) is 110 cm³/mol. The molecule has 27 heavy (non-hydrogen) atoms. The van der Waals surface area contributed by atoms with E-state index in [1.807, 2.05) is 11.8 Å². The zero-order chi connectivity index (χ0) is 20.0. The van der Waals surface area contributed by atoms with Crippen molar-refractivity contribution in [2.24, 2.45) is 11.7 Å². The van der Waals surface area contributed by atoms with Crippen molar-refractivity contribution in [3.8, 4) is 0 Å². The highest BCUT2D eigenvalue weighted by Gasteiger charge is 2.26. The lowest BCUT2D eigenvalue weighted by molar-refractivity contribution is -0.129. The quantitative estimate of drug-likeness (QED) is 0.688. The molecule has 0 saturated carbocycles. The summed E-state index contributed by atoms with van der Waals surface area (Å²) in [6.45, 7) is 8.31. The first kappa shape index (κ1) is 21.7. The van der Waals surface area contributed by atoms with Crippen LogP contribution in [0.3, 0.4) is 0 Å². The van der Waals surface area contributed by atoms with Gasteiger partial charge in [-0.05, 0) is 44.2 Å². The molecule has 1 aromatic rings. The average molecular weight is 393 g/mol. The Bertz CT molecular complexity index is 647. The first-order valence-electron chi connectivity index (χ1n) is 9.72. The van der Waals surface area contributed by atoms with Crippen LogP contribution < -0.4 is 5.73 Å². The molecule has 150 valence electrons. The van der Waals surface area contributed by atoms with Crippen molar-refractivity contribution in [1.29, 1.82) is 0 Å². The van der Waals surface area contributed by atoms with Gasteiger partial charge in [-0.15, -0.1) is 0 Å². The molecule has 6 nitrogen and oxygen atoms in total. The van der Waals surface area contributed by atoms with Gasteiger partial charge in [0.1, 0.15) is 5.03 Å². The van der Waals surface area contributed by atoms with Gasteiger partial charge in [0.25, 0.3) is 5.91 Å². The summed E-state index contributed by atoms with van der Waals surface area (Å²) in [5.41, 5.74) is 6.64. The minimum absolute atomic E-state index is 0.0705. The molecule has 1 aromatic heterocycles. The highest BCUT2D eigenvalue weighted by molar-refractivity contribution is 8.00. The summed E-state index contributed by atoms with van der Waals surface area (Å²) in [7, 11) is 1.79. The number of pyridine rings is 1. The molecule has 1 aliphatic heterocycles. The van der Waals surface area contributed by atoms with Crippen molar-refractivity contribution in [2.45, 2.75) is 56.4 Å². The molecular formula is C20H32N4O2S. The van der Waals surface area contributed by atoms with E-state index in [9.17, 15) is 9.59 Å². The van der Waals surface area contributed by atoms with Gasteiger partial charge < -0.3 is 15.5 Å². The van der Waals surface area contributed by atoms with Crippen LogP contribution in [-0.4, -0.2) is 64.6 Å². The SMILES string of the molecule is CC(Sc1ncccc1C(=O)N(C)CCC(N)C(C)C)C(=O)N1CCCC1. The van der Waals surface area contributed by atoms with E-state index in [0.29, 0.717) is 23.1 Å². The number of amides is 2. The fourth-order valence-corrected chi connectivity index (χ4v) is 4.03. The van der Waals surface area contributed by atoms with E-state index in [2.05, 4.69) is 18.8 Å².